The number of carboxylic acid groups (broad SMARTS) is 3. The minimum Gasteiger partial charge on any atom is -0.870 e. The number of rotatable bonds is 22. The number of nitrogens with two attached hydrogens (primary N) is 2. The third-order valence-corrected chi connectivity index (χ3v) is 19.1. The summed E-state index contributed by atoms with van der Waals surface area (Å²) < 4.78 is 58.7. The van der Waals surface area contributed by atoms with E-state index >= 15 is 0 Å². The van der Waals surface area contributed by atoms with E-state index < -0.39 is 85.3 Å². The number of aromatic carboxylic acids is 3. The topological polar surface area (TPSA) is 624 Å². The Morgan fingerprint density at radius 2 is 0.676 bits per heavy atom. The quantitative estimate of drug-likeness (QED) is 0.00750. The summed E-state index contributed by atoms with van der Waals surface area (Å²) >= 11 is 75.7. The number of aliphatic hydroxyl groups excluding tert-OH is 1. The summed E-state index contributed by atoms with van der Waals surface area (Å²) in [5.74, 6) is -6.84. The number of carbonyl (C=O) groups excluding carboxylic acids is 2. The van der Waals surface area contributed by atoms with Gasteiger partial charge >= 0.3 is 70.7 Å². The maximum absolute atomic E-state index is 12.4. The molecule has 5 heterocycles. The number of hydrogen-bond acceptors (Lipinski definition) is 29. The molecule has 68 heteroatoms. The SMILES string of the molecule is C.CO.Clc1cccc(Cl)c1CBr.Nc1ncc(C(=O)O)cc1OCc1c(Cl)cccc1Cl.Nc1ncc(C(=O)OCc2c(Cl)cccc2Cl)cc1OCc1c(Cl)cccc1Cl.O=C(O)c1cnc([N+](=O)[O-])c(O)c1.O=C(O)c1cncc(O)c1.O=C(OCc1c(Cl)cccc1Cl)c1cnc([N+](=O)[O-])c(OCc2c(Cl)cccc2Cl)c1.O=S(=O)(O)O.O=[N+]([O-])O.[B].[B]B([B])[B].[B][B].[B][B]B([B])[B].[B][B][B].[Li+].[OH-]. The van der Waals surface area contributed by atoms with E-state index in [9.17, 15) is 44.2 Å². The zero-order valence-corrected chi connectivity index (χ0v) is 83.5. The molecule has 0 aliphatic heterocycles. The molecular weight excluding hydrogens is 2180 g/mol. The van der Waals surface area contributed by atoms with Gasteiger partial charge in [-0.3, -0.25) is 14.1 Å². The van der Waals surface area contributed by atoms with Crippen LogP contribution in [0.3, 0.4) is 0 Å². The Labute approximate surface area is 910 Å². The van der Waals surface area contributed by atoms with Gasteiger partial charge in [0.1, 0.15) is 49.9 Å². The number of aliphatic hydroxyl groups is 1. The minimum atomic E-state index is -4.67. The van der Waals surface area contributed by atoms with E-state index in [0.29, 0.717) is 93.4 Å². The largest absolute Gasteiger partial charge is 1.00 e. The average molecular weight is 2250 g/mol. The maximum atomic E-state index is 12.4. The molecule has 0 bridgehead atoms. The van der Waals surface area contributed by atoms with Gasteiger partial charge < -0.3 is 96.7 Å². The molecular formula is C74H62B15BrCl12LiN10O28S. The van der Waals surface area contributed by atoms with Crippen LogP contribution >= 0.6 is 155 Å². The van der Waals surface area contributed by atoms with Gasteiger partial charge in [-0.25, -0.2) is 33.9 Å². The zero-order chi connectivity index (χ0) is 106. The first-order chi connectivity index (χ1) is 64.7. The van der Waals surface area contributed by atoms with Gasteiger partial charge in [-0.2, -0.15) is 8.42 Å². The molecule has 0 atom stereocenters. The van der Waals surface area contributed by atoms with Crippen LogP contribution in [0.25, 0.3) is 0 Å². The number of benzene rings is 6. The fourth-order valence-corrected chi connectivity index (χ4v) is 12.3. The van der Waals surface area contributed by atoms with Crippen LogP contribution in [0.4, 0.5) is 23.3 Å². The molecule has 14 N–H and O–H groups in total. The smallest absolute Gasteiger partial charge is 0.870 e. The zero-order valence-electron chi connectivity index (χ0n) is 72.0. The summed E-state index contributed by atoms with van der Waals surface area (Å²) in [5.41, 5.74) is 14.8. The maximum Gasteiger partial charge on any atom is 1.00 e. The van der Waals surface area contributed by atoms with Crippen LogP contribution in [-0.4, -0.2) is 248 Å². The van der Waals surface area contributed by atoms with Crippen LogP contribution in [0, 0.1) is 30.3 Å². The van der Waals surface area contributed by atoms with Crippen molar-refractivity contribution in [2.45, 2.75) is 45.8 Å². The Hall–Kier alpha value is -9.66. The second-order valence-electron chi connectivity index (χ2n) is 23.8. The van der Waals surface area contributed by atoms with E-state index in [1.807, 2.05) is 18.2 Å². The van der Waals surface area contributed by atoms with Crippen molar-refractivity contribution in [3.8, 4) is 28.7 Å². The number of nitrogens with zero attached hydrogens (tertiary/aromatic N) is 8. The number of aromatic hydroxyl groups is 2. The Bertz CT molecular complexity index is 5830. The first-order valence-corrected chi connectivity index (χ1v) is 42.9. The van der Waals surface area contributed by atoms with E-state index in [1.165, 1.54) is 37.8 Å². The second-order valence-corrected chi connectivity index (χ2v) is 30.1. The molecule has 0 aliphatic rings. The van der Waals surface area contributed by atoms with E-state index in [0.717, 1.165) is 56.5 Å². The first kappa shape index (κ1) is 143. The summed E-state index contributed by atoms with van der Waals surface area (Å²) in [6.45, 7) is -0.340. The number of ether oxygens (including phenoxy) is 5. The standard InChI is InChI=1S/C20H12Cl4N2O5.C20H14Cl4N2O3.C13H10Cl2N2O3.C7H5BrCl2.C6H4N2O5.C6H5NO3.CH4O.CH4.B5.B4.B3.B2.B.Li.HNO3.H2O4S.H2O/c21-14-3-1-4-15(22)12(14)9-30-18-7-11(8-25-19(18)26(28)29)20(27)31-10-13-16(23)5-2-6-17(13)24;21-14-3-1-4-15(22)12(14)9-28-18-7-11(8-26-19(18)25)20(27)29-10-13-16(23)5-2-6-17(13)24;14-9-2-1-3-10(15)8(9)6-20-11-4-7(13(18)19)5-17-12(11)16;8-4-5-6(9)2-1-3-7(5)10;9-4-1-3(6(10)11)2-7-5(4)8(12)13;8-5-1-4(6(9)10)2-7-3-5;1-2;;1-4-5(2)3;1-4(2)3;1-3-2;1-2;;;2-1(3)4;1-5(2,3)4;/h1-8H,9-10H2;1-8H,9-10H2,(H2,25,26);1-5H,6H2,(H2,16,17)(H,18,19);1-3H,4H2;1-2,9H,(H,10,11);1-3,8H,(H,9,10);2H,1H3;1H4;;;;;;;(H,2,3,4);(H2,1,2,3,4);1H2/q;;;;;;;;;;;;;+1;;;/p-1. The van der Waals surface area contributed by atoms with E-state index in [2.05, 4.69) is 95.0 Å². The van der Waals surface area contributed by atoms with Crippen molar-refractivity contribution >= 4 is 331 Å². The third kappa shape index (κ3) is 58.3. The van der Waals surface area contributed by atoms with Crippen molar-refractivity contribution in [3.63, 3.8) is 0 Å². The van der Waals surface area contributed by atoms with Crippen LogP contribution < -0.4 is 44.5 Å². The van der Waals surface area contributed by atoms with Crippen molar-refractivity contribution in [3.05, 3.63) is 329 Å². The molecule has 0 spiro atoms. The Balaban J connectivity index is -0.000000383. The number of carboxylic acids is 3. The van der Waals surface area contributed by atoms with Crippen LogP contribution in [0.15, 0.2) is 177 Å². The number of aromatic nitrogens is 5. The molecule has 0 amide bonds. The van der Waals surface area contributed by atoms with Crippen molar-refractivity contribution in [2.75, 3.05) is 18.6 Å². The number of nitrogen functional groups attached to an aromatic ring is 2. The van der Waals surface area contributed by atoms with Crippen LogP contribution in [-0.2, 0) is 58.2 Å². The number of nitro groups is 2. The van der Waals surface area contributed by atoms with Gasteiger partial charge in [0.2, 0.25) is 11.5 Å². The van der Waals surface area contributed by atoms with Gasteiger partial charge in [0.05, 0.1) is 22.9 Å². The van der Waals surface area contributed by atoms with Gasteiger partial charge in [0.25, 0.3) is 5.09 Å². The summed E-state index contributed by atoms with van der Waals surface area (Å²) in [5, 5.41) is 91.5. The molecule has 0 unspecified atom stereocenters. The van der Waals surface area contributed by atoms with Crippen molar-refractivity contribution in [1.29, 1.82) is 0 Å². The molecule has 11 aromatic rings. The summed E-state index contributed by atoms with van der Waals surface area (Å²) in [4.78, 5) is 102. The molecule has 0 aliphatic carbocycles. The van der Waals surface area contributed by atoms with Crippen LogP contribution in [0.2, 0.25) is 60.3 Å². The minimum absolute atomic E-state index is 0. The van der Waals surface area contributed by atoms with Crippen molar-refractivity contribution < 1.29 is 140 Å². The molecule has 0 saturated carbocycles. The molecule has 0 fully saturated rings. The molecule has 11 rings (SSSR count). The summed E-state index contributed by atoms with van der Waals surface area (Å²) in [6.07, 6.45) is 5.49. The van der Waals surface area contributed by atoms with E-state index in [4.69, 9.17) is 261 Å². The molecule has 5 aromatic heterocycles. The van der Waals surface area contributed by atoms with Crippen LogP contribution in [0.1, 0.15) is 92.6 Å². The summed E-state index contributed by atoms with van der Waals surface area (Å²) in [7, 11) is 44.1. The van der Waals surface area contributed by atoms with Crippen molar-refractivity contribution in [2.24, 2.45) is 0 Å². The van der Waals surface area contributed by atoms with Gasteiger partial charge in [-0.1, -0.05) is 199 Å². The Kier molecular flexibility index (Phi) is 78.4. The van der Waals surface area contributed by atoms with Gasteiger partial charge in [0.15, 0.2) is 35.5 Å². The van der Waals surface area contributed by atoms with Crippen LogP contribution in [0.5, 0.6) is 28.7 Å². The number of carbonyl (C=O) groups is 5. The molecule has 0 saturated heterocycles. The normalized spacial score (nSPS) is 9.27. The number of anilines is 2. The van der Waals surface area contributed by atoms with Gasteiger partial charge in [-0.05, 0) is 104 Å². The number of hydrogen-bond donors (Lipinski definition) is 11. The molecule has 142 heavy (non-hydrogen) atoms. The number of halogens is 13. The van der Waals surface area contributed by atoms with Crippen molar-refractivity contribution in [1.82, 2.24) is 24.9 Å². The third-order valence-electron chi connectivity index (χ3n) is 14.3. The average Bonchev–Trinajstić information content (AvgIpc) is 0.820. The molecule has 719 valence electrons. The Morgan fingerprint density at radius 3 is 0.923 bits per heavy atom. The van der Waals surface area contributed by atoms with Gasteiger partial charge in [0, 0.05) is 256 Å². The predicted octanol–water partition coefficient (Wildman–Crippen LogP) is 11.1. The Morgan fingerprint density at radius 1 is 0.451 bits per heavy atom. The first-order valence-electron chi connectivity index (χ1n) is 35.8. The monoisotopic (exact) mass is 2240 g/mol. The number of alkyl halides is 1. The fourth-order valence-electron chi connectivity index (χ4n) is 8.31. The molecule has 38 nitrogen and oxygen atoms in total. The van der Waals surface area contributed by atoms with E-state index in [1.54, 1.807) is 91.0 Å². The number of esters is 2. The summed E-state index contributed by atoms with van der Waals surface area (Å²) in [6, 6.07) is 36.2. The molecule has 25 radical (unpaired) electrons. The number of pyridine rings is 5. The molecule has 6 aromatic carbocycles. The second kappa shape index (κ2) is 77.8. The van der Waals surface area contributed by atoms with Gasteiger partial charge in [-0.15, -0.1) is 10.1 Å². The fraction of sp³-hybridized carbons (Fsp3) is 0.108. The predicted molar refractivity (Wildman–Crippen MR) is 556 cm³/mol. The van der Waals surface area contributed by atoms with E-state index in [-0.39, 0.29) is 136 Å².